The number of benzene rings is 1. The van der Waals surface area contributed by atoms with Crippen LogP contribution in [0, 0.1) is 0 Å². The topological polar surface area (TPSA) is 17.0 Å². The zero-order valence-corrected chi connectivity index (χ0v) is 9.85. The summed E-state index contributed by atoms with van der Waals surface area (Å²) in [5, 5.41) is 3.41. The molecule has 1 heterocycles. The third-order valence-corrected chi connectivity index (χ3v) is 2.55. The number of hydrogen-bond donors (Lipinski definition) is 1. The minimum Gasteiger partial charge on any atom is -0.324 e. The molecule has 0 aliphatic heterocycles. The van der Waals surface area contributed by atoms with E-state index in [1.807, 2.05) is 12.1 Å². The van der Waals surface area contributed by atoms with Gasteiger partial charge in [-0.2, -0.15) is 0 Å². The van der Waals surface area contributed by atoms with E-state index in [1.165, 1.54) is 11.3 Å². The minimum absolute atomic E-state index is 0.532. The van der Waals surface area contributed by atoms with Crippen LogP contribution in [-0.2, 0) is 6.54 Å². The summed E-state index contributed by atoms with van der Waals surface area (Å²) in [6.07, 6.45) is 4.11. The molecule has 0 saturated heterocycles. The molecule has 1 aromatic carbocycles. The number of nitrogens with one attached hydrogen (secondary N) is 1. The maximum atomic E-state index is 3.41. The van der Waals surface area contributed by atoms with E-state index in [1.54, 1.807) is 0 Å². The molecule has 2 nitrogen and oxygen atoms in total. The summed E-state index contributed by atoms with van der Waals surface area (Å²) in [5.41, 5.74) is 2.53. The molecule has 0 amide bonds. The van der Waals surface area contributed by atoms with Crippen molar-refractivity contribution in [2.45, 2.75) is 26.4 Å². The quantitative estimate of drug-likeness (QED) is 0.828. The van der Waals surface area contributed by atoms with Gasteiger partial charge in [0.05, 0.1) is 0 Å². The second-order valence-corrected chi connectivity index (χ2v) is 4.29. The van der Waals surface area contributed by atoms with Crippen molar-refractivity contribution in [1.82, 2.24) is 9.88 Å². The fourth-order valence-corrected chi connectivity index (χ4v) is 1.61. The predicted octanol–water partition coefficient (Wildman–Crippen LogP) is 2.98. The van der Waals surface area contributed by atoms with Crippen LogP contribution in [0.4, 0.5) is 0 Å². The van der Waals surface area contributed by atoms with Crippen molar-refractivity contribution in [3.8, 4) is 5.69 Å². The fraction of sp³-hybridized carbons (Fsp3) is 0.286. The first-order valence-electron chi connectivity index (χ1n) is 5.71. The Morgan fingerprint density at radius 2 is 1.69 bits per heavy atom. The molecule has 0 bridgehead atoms. The van der Waals surface area contributed by atoms with Gasteiger partial charge in [-0.15, -0.1) is 0 Å². The van der Waals surface area contributed by atoms with Crippen LogP contribution in [0.1, 0.15) is 19.4 Å². The molecule has 2 aromatic rings. The highest BCUT2D eigenvalue weighted by molar-refractivity contribution is 5.35. The van der Waals surface area contributed by atoms with Crippen molar-refractivity contribution in [2.75, 3.05) is 0 Å². The summed E-state index contributed by atoms with van der Waals surface area (Å²) in [6, 6.07) is 13.2. The highest BCUT2D eigenvalue weighted by atomic mass is 14.9. The lowest BCUT2D eigenvalue weighted by atomic mass is 10.2. The van der Waals surface area contributed by atoms with E-state index < -0.39 is 0 Å². The summed E-state index contributed by atoms with van der Waals surface area (Å²) in [7, 11) is 0. The van der Waals surface area contributed by atoms with Gasteiger partial charge in [0.25, 0.3) is 0 Å². The van der Waals surface area contributed by atoms with Crippen molar-refractivity contribution < 1.29 is 0 Å². The van der Waals surface area contributed by atoms with Crippen LogP contribution in [0.2, 0.25) is 0 Å². The van der Waals surface area contributed by atoms with E-state index in [-0.39, 0.29) is 0 Å². The molecule has 0 aliphatic carbocycles. The summed E-state index contributed by atoms with van der Waals surface area (Å²) in [4.78, 5) is 0. The van der Waals surface area contributed by atoms with Crippen LogP contribution in [0.25, 0.3) is 5.69 Å². The maximum Gasteiger partial charge on any atom is 0.0449 e. The Bertz CT molecular complexity index is 413. The van der Waals surface area contributed by atoms with Gasteiger partial charge in [-0.1, -0.05) is 26.0 Å². The number of hydrogen-bond acceptors (Lipinski definition) is 1. The molecule has 0 atom stereocenters. The second-order valence-electron chi connectivity index (χ2n) is 4.29. The molecule has 0 spiro atoms. The van der Waals surface area contributed by atoms with Crippen LogP contribution in [0.5, 0.6) is 0 Å². The van der Waals surface area contributed by atoms with Gasteiger partial charge in [0.2, 0.25) is 0 Å². The van der Waals surface area contributed by atoms with E-state index in [0.29, 0.717) is 6.04 Å². The van der Waals surface area contributed by atoms with Crippen LogP contribution in [-0.4, -0.2) is 10.6 Å². The van der Waals surface area contributed by atoms with E-state index in [4.69, 9.17) is 0 Å². The monoisotopic (exact) mass is 214 g/mol. The Labute approximate surface area is 96.9 Å². The Morgan fingerprint density at radius 3 is 2.25 bits per heavy atom. The zero-order chi connectivity index (χ0) is 11.4. The van der Waals surface area contributed by atoms with Crippen LogP contribution in [0.15, 0.2) is 48.8 Å². The number of aromatic nitrogens is 1. The minimum atomic E-state index is 0.532. The molecule has 2 rings (SSSR count). The van der Waals surface area contributed by atoms with Gasteiger partial charge in [0.15, 0.2) is 0 Å². The lowest BCUT2D eigenvalue weighted by molar-refractivity contribution is 0.589. The Hall–Kier alpha value is -1.54. The molecule has 84 valence electrons. The molecule has 0 radical (unpaired) electrons. The van der Waals surface area contributed by atoms with E-state index in [9.17, 15) is 0 Å². The average Bonchev–Trinajstić information content (AvgIpc) is 2.80. The Kier molecular flexibility index (Phi) is 3.42. The summed E-state index contributed by atoms with van der Waals surface area (Å²) in [6.45, 7) is 5.26. The van der Waals surface area contributed by atoms with Gasteiger partial charge in [-0.05, 0) is 29.8 Å². The third-order valence-electron chi connectivity index (χ3n) is 2.55. The van der Waals surface area contributed by atoms with Crippen LogP contribution < -0.4 is 5.32 Å². The molecule has 16 heavy (non-hydrogen) atoms. The highest BCUT2D eigenvalue weighted by Crippen LogP contribution is 2.09. The average molecular weight is 214 g/mol. The van der Waals surface area contributed by atoms with Crippen LogP contribution >= 0.6 is 0 Å². The third kappa shape index (κ3) is 2.74. The lowest BCUT2D eigenvalue weighted by Gasteiger charge is -2.09. The zero-order valence-electron chi connectivity index (χ0n) is 9.85. The van der Waals surface area contributed by atoms with E-state index in [0.717, 1.165) is 6.54 Å². The molecular formula is C14H18N2. The maximum absolute atomic E-state index is 3.41. The van der Waals surface area contributed by atoms with E-state index >= 15 is 0 Å². The molecule has 0 fully saturated rings. The highest BCUT2D eigenvalue weighted by Gasteiger charge is 1.97. The molecular weight excluding hydrogens is 196 g/mol. The van der Waals surface area contributed by atoms with Crippen LogP contribution in [0.3, 0.4) is 0 Å². The number of nitrogens with zero attached hydrogens (tertiary/aromatic N) is 1. The van der Waals surface area contributed by atoms with Gasteiger partial charge in [-0.3, -0.25) is 0 Å². The molecule has 1 N–H and O–H groups in total. The molecule has 1 aromatic heterocycles. The van der Waals surface area contributed by atoms with Crippen molar-refractivity contribution >= 4 is 0 Å². The molecule has 0 aliphatic rings. The fourth-order valence-electron chi connectivity index (χ4n) is 1.61. The normalized spacial score (nSPS) is 10.9. The largest absolute Gasteiger partial charge is 0.324 e. The van der Waals surface area contributed by atoms with Crippen molar-refractivity contribution in [3.05, 3.63) is 54.4 Å². The first kappa shape index (κ1) is 11.0. The van der Waals surface area contributed by atoms with Gasteiger partial charge < -0.3 is 9.88 Å². The number of rotatable bonds is 4. The molecule has 0 unspecified atom stereocenters. The van der Waals surface area contributed by atoms with E-state index in [2.05, 4.69) is 60.4 Å². The first-order valence-corrected chi connectivity index (χ1v) is 5.71. The van der Waals surface area contributed by atoms with Gasteiger partial charge in [0.1, 0.15) is 0 Å². The van der Waals surface area contributed by atoms with Crippen molar-refractivity contribution in [1.29, 1.82) is 0 Å². The van der Waals surface area contributed by atoms with Gasteiger partial charge in [0, 0.05) is 30.7 Å². The van der Waals surface area contributed by atoms with Gasteiger partial charge in [-0.25, -0.2) is 0 Å². The summed E-state index contributed by atoms with van der Waals surface area (Å²) < 4.78 is 2.11. The standard InChI is InChI=1S/C14H18N2/c1-12(2)15-11-13-5-7-14(8-6-13)16-9-3-4-10-16/h3-10,12,15H,11H2,1-2H3. The molecule has 0 saturated carbocycles. The van der Waals surface area contributed by atoms with Crippen molar-refractivity contribution in [2.24, 2.45) is 0 Å². The second kappa shape index (κ2) is 4.99. The summed E-state index contributed by atoms with van der Waals surface area (Å²) in [5.74, 6) is 0. The van der Waals surface area contributed by atoms with Crippen molar-refractivity contribution in [3.63, 3.8) is 0 Å². The predicted molar refractivity (Wildman–Crippen MR) is 67.7 cm³/mol. The van der Waals surface area contributed by atoms with Gasteiger partial charge >= 0.3 is 0 Å². The lowest BCUT2D eigenvalue weighted by Crippen LogP contribution is -2.21. The Balaban J connectivity index is 2.05. The Morgan fingerprint density at radius 1 is 1.06 bits per heavy atom. The summed E-state index contributed by atoms with van der Waals surface area (Å²) >= 11 is 0. The molecule has 2 heteroatoms. The first-order chi connectivity index (χ1) is 7.75. The SMILES string of the molecule is CC(C)NCc1ccc(-n2cccc2)cc1. The smallest absolute Gasteiger partial charge is 0.0449 e.